The van der Waals surface area contributed by atoms with Crippen LogP contribution in [0.3, 0.4) is 0 Å². The first-order valence-electron chi connectivity index (χ1n) is 5.65. The van der Waals surface area contributed by atoms with Gasteiger partial charge in [-0.05, 0) is 12.5 Å². The van der Waals surface area contributed by atoms with Crippen LogP contribution in [-0.4, -0.2) is 11.5 Å². The molecule has 0 amide bonds. The van der Waals surface area contributed by atoms with Gasteiger partial charge in [0.05, 0.1) is 11.2 Å². The molecule has 90 valence electrons. The van der Waals surface area contributed by atoms with Crippen LogP contribution >= 0.6 is 11.3 Å². The van der Waals surface area contributed by atoms with Gasteiger partial charge in [-0.3, -0.25) is 0 Å². The summed E-state index contributed by atoms with van der Waals surface area (Å²) in [6.45, 7) is 3.62. The molecule has 2 aromatic rings. The number of benzene rings is 1. The van der Waals surface area contributed by atoms with E-state index >= 15 is 0 Å². The van der Waals surface area contributed by atoms with Crippen molar-refractivity contribution in [2.75, 3.05) is 6.54 Å². The maximum absolute atomic E-state index is 6.10. The molecule has 0 saturated heterocycles. The maximum Gasteiger partial charge on any atom is 0.0795 e. The van der Waals surface area contributed by atoms with Crippen LogP contribution in [-0.2, 0) is 6.54 Å². The van der Waals surface area contributed by atoms with Crippen molar-refractivity contribution in [1.29, 1.82) is 0 Å². The summed E-state index contributed by atoms with van der Waals surface area (Å²) in [6, 6.07) is 8.40. The second-order valence-corrected chi connectivity index (χ2v) is 4.85. The van der Waals surface area contributed by atoms with E-state index in [-0.39, 0.29) is 6.04 Å². The van der Waals surface area contributed by atoms with Crippen molar-refractivity contribution < 1.29 is 0 Å². The summed E-state index contributed by atoms with van der Waals surface area (Å²) in [7, 11) is 0. The second-order valence-electron chi connectivity index (χ2n) is 4.13. The van der Waals surface area contributed by atoms with Crippen LogP contribution in [0.2, 0.25) is 0 Å². The van der Waals surface area contributed by atoms with E-state index in [2.05, 4.69) is 41.5 Å². The normalized spacial score (nSPS) is 12.6. The molecule has 2 rings (SSSR count). The lowest BCUT2D eigenvalue weighted by Gasteiger charge is -2.12. The Bertz CT molecular complexity index is 436. The lowest BCUT2D eigenvalue weighted by molar-refractivity contribution is 0.593. The van der Waals surface area contributed by atoms with Crippen molar-refractivity contribution in [1.82, 2.24) is 10.3 Å². The molecule has 3 N–H and O–H groups in total. The highest BCUT2D eigenvalue weighted by atomic mass is 32.1. The van der Waals surface area contributed by atoms with Gasteiger partial charge in [-0.2, -0.15) is 0 Å². The molecule has 1 unspecified atom stereocenters. The third kappa shape index (κ3) is 3.63. The molecule has 1 aromatic heterocycles. The summed E-state index contributed by atoms with van der Waals surface area (Å²) in [5.41, 5.74) is 11.5. The Morgan fingerprint density at radius 1 is 1.35 bits per heavy atom. The third-order valence-corrected chi connectivity index (χ3v) is 3.29. The fourth-order valence-corrected chi connectivity index (χ4v) is 2.17. The first kappa shape index (κ1) is 12.2. The van der Waals surface area contributed by atoms with Gasteiger partial charge in [0.15, 0.2) is 0 Å². The monoisotopic (exact) mass is 247 g/mol. The number of thiazole rings is 1. The van der Waals surface area contributed by atoms with Gasteiger partial charge in [-0.25, -0.2) is 4.98 Å². The van der Waals surface area contributed by atoms with Gasteiger partial charge in [0.1, 0.15) is 0 Å². The molecule has 0 aliphatic rings. The molecular formula is C13H17N3S. The molecule has 0 fully saturated rings. The Hall–Kier alpha value is -1.23. The summed E-state index contributed by atoms with van der Waals surface area (Å²) in [5, 5.41) is 5.37. The van der Waals surface area contributed by atoms with Crippen LogP contribution in [0.4, 0.5) is 0 Å². The summed E-state index contributed by atoms with van der Waals surface area (Å²) in [4.78, 5) is 4.21. The maximum atomic E-state index is 6.10. The van der Waals surface area contributed by atoms with E-state index in [4.69, 9.17) is 5.73 Å². The number of nitrogens with two attached hydrogens (primary N) is 1. The minimum atomic E-state index is 0.0363. The van der Waals surface area contributed by atoms with Gasteiger partial charge >= 0.3 is 0 Å². The van der Waals surface area contributed by atoms with Gasteiger partial charge in [0.2, 0.25) is 0 Å². The van der Waals surface area contributed by atoms with Crippen molar-refractivity contribution in [3.05, 3.63) is 52.0 Å². The predicted molar refractivity (Wildman–Crippen MR) is 71.9 cm³/mol. The summed E-state index contributed by atoms with van der Waals surface area (Å²) in [6.07, 6.45) is 0. The molecule has 0 radical (unpaired) electrons. The van der Waals surface area contributed by atoms with Crippen LogP contribution in [0.1, 0.15) is 22.9 Å². The van der Waals surface area contributed by atoms with Crippen LogP contribution in [0.25, 0.3) is 0 Å². The molecule has 3 nitrogen and oxygen atoms in total. The van der Waals surface area contributed by atoms with Crippen LogP contribution in [0.15, 0.2) is 35.2 Å². The SMILES string of the molecule is Cc1ccc(C(N)CNCc2cscn2)cc1. The number of aromatic nitrogens is 1. The van der Waals surface area contributed by atoms with E-state index in [0.29, 0.717) is 0 Å². The molecule has 0 bridgehead atoms. The van der Waals surface area contributed by atoms with Crippen LogP contribution in [0.5, 0.6) is 0 Å². The minimum absolute atomic E-state index is 0.0363. The molecule has 1 heterocycles. The Balaban J connectivity index is 1.81. The van der Waals surface area contributed by atoms with Crippen molar-refractivity contribution in [3.63, 3.8) is 0 Å². The molecule has 17 heavy (non-hydrogen) atoms. The molecule has 1 atom stereocenters. The highest BCUT2D eigenvalue weighted by molar-refractivity contribution is 7.07. The molecule has 0 spiro atoms. The predicted octanol–water partition coefficient (Wildman–Crippen LogP) is 2.24. The molecule has 0 aliphatic carbocycles. The molecule has 0 saturated carbocycles. The topological polar surface area (TPSA) is 50.9 Å². The first-order chi connectivity index (χ1) is 8.25. The van der Waals surface area contributed by atoms with E-state index in [9.17, 15) is 0 Å². The number of aryl methyl sites for hydroxylation is 1. The zero-order valence-corrected chi connectivity index (χ0v) is 10.7. The van der Waals surface area contributed by atoms with Crippen molar-refractivity contribution in [2.45, 2.75) is 19.5 Å². The van der Waals surface area contributed by atoms with E-state index < -0.39 is 0 Å². The first-order valence-corrected chi connectivity index (χ1v) is 6.60. The Labute approximate surface area is 106 Å². The van der Waals surface area contributed by atoms with E-state index in [1.165, 1.54) is 11.1 Å². The van der Waals surface area contributed by atoms with Crippen LogP contribution in [0, 0.1) is 6.92 Å². The minimum Gasteiger partial charge on any atom is -0.323 e. The van der Waals surface area contributed by atoms with E-state index in [1.54, 1.807) is 11.3 Å². The van der Waals surface area contributed by atoms with Crippen molar-refractivity contribution in [3.8, 4) is 0 Å². The Morgan fingerprint density at radius 2 is 2.12 bits per heavy atom. The molecule has 0 aliphatic heterocycles. The number of hydrogen-bond acceptors (Lipinski definition) is 4. The van der Waals surface area contributed by atoms with Gasteiger partial charge in [-0.15, -0.1) is 11.3 Å². The fourth-order valence-electron chi connectivity index (χ4n) is 1.61. The average molecular weight is 247 g/mol. The van der Waals surface area contributed by atoms with Gasteiger partial charge in [0.25, 0.3) is 0 Å². The van der Waals surface area contributed by atoms with Gasteiger partial charge in [-0.1, -0.05) is 29.8 Å². The number of nitrogens with zero attached hydrogens (tertiary/aromatic N) is 1. The quantitative estimate of drug-likeness (QED) is 0.852. The number of hydrogen-bond donors (Lipinski definition) is 2. The van der Waals surface area contributed by atoms with E-state index in [0.717, 1.165) is 18.8 Å². The third-order valence-electron chi connectivity index (χ3n) is 2.66. The highest BCUT2D eigenvalue weighted by Crippen LogP contribution is 2.10. The highest BCUT2D eigenvalue weighted by Gasteiger charge is 2.05. The van der Waals surface area contributed by atoms with Gasteiger partial charge < -0.3 is 11.1 Å². The second kappa shape index (κ2) is 5.91. The Morgan fingerprint density at radius 3 is 2.76 bits per heavy atom. The fraction of sp³-hybridized carbons (Fsp3) is 0.308. The molecular weight excluding hydrogens is 230 g/mol. The standard InChI is InChI=1S/C13H17N3S/c1-10-2-4-11(5-3-10)13(14)7-15-6-12-8-17-9-16-12/h2-5,8-9,13,15H,6-7,14H2,1H3. The lowest BCUT2D eigenvalue weighted by atomic mass is 10.1. The smallest absolute Gasteiger partial charge is 0.0795 e. The number of rotatable bonds is 5. The zero-order valence-electron chi connectivity index (χ0n) is 9.89. The summed E-state index contributed by atoms with van der Waals surface area (Å²) >= 11 is 1.61. The van der Waals surface area contributed by atoms with Crippen molar-refractivity contribution >= 4 is 11.3 Å². The molecule has 4 heteroatoms. The average Bonchev–Trinajstić information content (AvgIpc) is 2.83. The van der Waals surface area contributed by atoms with Crippen LogP contribution < -0.4 is 11.1 Å². The summed E-state index contributed by atoms with van der Waals surface area (Å²) < 4.78 is 0. The van der Waals surface area contributed by atoms with E-state index in [1.807, 2.05) is 10.9 Å². The zero-order chi connectivity index (χ0) is 12.1. The number of nitrogens with one attached hydrogen (secondary N) is 1. The van der Waals surface area contributed by atoms with Crippen molar-refractivity contribution in [2.24, 2.45) is 5.73 Å². The summed E-state index contributed by atoms with van der Waals surface area (Å²) in [5.74, 6) is 0. The largest absolute Gasteiger partial charge is 0.323 e. The van der Waals surface area contributed by atoms with Gasteiger partial charge in [0, 0.05) is 24.5 Å². The lowest BCUT2D eigenvalue weighted by Crippen LogP contribution is -2.26. The molecule has 1 aromatic carbocycles. The Kier molecular flexibility index (Phi) is 4.25.